The van der Waals surface area contributed by atoms with Gasteiger partial charge in [-0.2, -0.15) is 0 Å². The van der Waals surface area contributed by atoms with Crippen molar-refractivity contribution in [1.82, 2.24) is 0 Å². The van der Waals surface area contributed by atoms with E-state index < -0.39 is 0 Å². The van der Waals surface area contributed by atoms with Crippen LogP contribution in [-0.4, -0.2) is 6.61 Å². The Morgan fingerprint density at radius 3 is 1.94 bits per heavy atom. The summed E-state index contributed by atoms with van der Waals surface area (Å²) >= 11 is 0. The van der Waals surface area contributed by atoms with Gasteiger partial charge in [-0.05, 0) is 38.1 Å². The molecule has 2 aromatic rings. The Kier molecular flexibility index (Phi) is 4.00. The van der Waals surface area contributed by atoms with E-state index in [2.05, 4.69) is 49.1 Å². The largest absolute Gasteiger partial charge is 0.494 e. The number of hydrogen-bond acceptors (Lipinski definition) is 1. The van der Waals surface area contributed by atoms with Crippen molar-refractivity contribution in [1.29, 1.82) is 0 Å². The molecule has 0 fully saturated rings. The van der Waals surface area contributed by atoms with Crippen molar-refractivity contribution in [3.8, 4) is 5.75 Å². The van der Waals surface area contributed by atoms with Crippen molar-refractivity contribution in [2.75, 3.05) is 6.61 Å². The van der Waals surface area contributed by atoms with Gasteiger partial charge in [-0.3, -0.25) is 0 Å². The Morgan fingerprint density at radius 1 is 0.944 bits per heavy atom. The molecule has 2 heteroatoms. The zero-order valence-corrected chi connectivity index (χ0v) is 11.0. The van der Waals surface area contributed by atoms with Crippen LogP contribution in [0.3, 0.4) is 0 Å². The third kappa shape index (κ3) is 2.90. The minimum Gasteiger partial charge on any atom is -0.494 e. The second-order valence-corrected chi connectivity index (χ2v) is 4.47. The Hall–Kier alpha value is -1.80. The van der Waals surface area contributed by atoms with Crippen LogP contribution >= 0.6 is 0 Å². The number of quaternary nitrogens is 1. The van der Waals surface area contributed by atoms with Crippen LogP contribution < -0.4 is 10.5 Å². The topological polar surface area (TPSA) is 36.9 Å². The van der Waals surface area contributed by atoms with Crippen LogP contribution in [0.5, 0.6) is 5.75 Å². The van der Waals surface area contributed by atoms with Crippen molar-refractivity contribution in [3.05, 3.63) is 65.2 Å². The van der Waals surface area contributed by atoms with Gasteiger partial charge in [0.2, 0.25) is 0 Å². The average molecular weight is 242 g/mol. The van der Waals surface area contributed by atoms with Gasteiger partial charge in [-0.1, -0.05) is 29.8 Å². The smallest absolute Gasteiger partial charge is 0.136 e. The van der Waals surface area contributed by atoms with Gasteiger partial charge in [0.05, 0.1) is 6.61 Å². The third-order valence-corrected chi connectivity index (χ3v) is 3.07. The van der Waals surface area contributed by atoms with Gasteiger partial charge < -0.3 is 10.5 Å². The fourth-order valence-electron chi connectivity index (χ4n) is 1.95. The van der Waals surface area contributed by atoms with Crippen molar-refractivity contribution >= 4 is 0 Å². The van der Waals surface area contributed by atoms with Crippen LogP contribution in [0.2, 0.25) is 0 Å². The predicted octanol–water partition coefficient (Wildman–Crippen LogP) is 2.73. The highest BCUT2D eigenvalue weighted by Crippen LogP contribution is 2.21. The van der Waals surface area contributed by atoms with E-state index in [1.54, 1.807) is 0 Å². The standard InChI is InChI=1S/C16H19NO/c1-3-18-15-10-8-14(9-11-15)16(17)13-6-4-12(2)5-7-13/h4-11,16H,3,17H2,1-2H3/p+1. The molecule has 2 rings (SSSR count). The van der Waals surface area contributed by atoms with Crippen LogP contribution in [0.15, 0.2) is 48.5 Å². The van der Waals surface area contributed by atoms with E-state index in [1.807, 2.05) is 19.1 Å². The average Bonchev–Trinajstić information content (AvgIpc) is 2.40. The molecule has 0 amide bonds. The molecule has 3 N–H and O–H groups in total. The minimum absolute atomic E-state index is 0.168. The number of benzene rings is 2. The minimum atomic E-state index is 0.168. The number of aryl methyl sites for hydroxylation is 1. The molecule has 0 aliphatic carbocycles. The fraction of sp³-hybridized carbons (Fsp3) is 0.250. The highest BCUT2D eigenvalue weighted by atomic mass is 16.5. The SMILES string of the molecule is CCOc1ccc(C([NH3+])c2ccc(C)cc2)cc1. The van der Waals surface area contributed by atoms with Crippen molar-refractivity contribution < 1.29 is 10.5 Å². The molecule has 0 aromatic heterocycles. The van der Waals surface area contributed by atoms with Gasteiger partial charge >= 0.3 is 0 Å². The zero-order chi connectivity index (χ0) is 13.0. The van der Waals surface area contributed by atoms with Gasteiger partial charge in [-0.25, -0.2) is 0 Å². The van der Waals surface area contributed by atoms with Gasteiger partial charge in [0.25, 0.3) is 0 Å². The van der Waals surface area contributed by atoms with Gasteiger partial charge in [-0.15, -0.1) is 0 Å². The van der Waals surface area contributed by atoms with E-state index in [4.69, 9.17) is 4.74 Å². The first-order chi connectivity index (χ1) is 8.70. The van der Waals surface area contributed by atoms with E-state index in [-0.39, 0.29) is 6.04 Å². The molecule has 18 heavy (non-hydrogen) atoms. The van der Waals surface area contributed by atoms with Crippen LogP contribution in [0, 0.1) is 6.92 Å². The normalized spacial score (nSPS) is 12.2. The molecule has 0 saturated heterocycles. The molecule has 0 heterocycles. The van der Waals surface area contributed by atoms with Crippen molar-refractivity contribution in [2.24, 2.45) is 0 Å². The molecular formula is C16H20NO+. The summed E-state index contributed by atoms with van der Waals surface area (Å²) in [6, 6.07) is 16.9. The maximum Gasteiger partial charge on any atom is 0.136 e. The second-order valence-electron chi connectivity index (χ2n) is 4.47. The summed E-state index contributed by atoms with van der Waals surface area (Å²) in [5.74, 6) is 0.914. The Balaban J connectivity index is 2.17. The number of rotatable bonds is 4. The first kappa shape index (κ1) is 12.7. The number of hydrogen-bond donors (Lipinski definition) is 1. The van der Waals surface area contributed by atoms with Crippen LogP contribution in [0.4, 0.5) is 0 Å². The lowest BCUT2D eigenvalue weighted by Crippen LogP contribution is -2.53. The number of ether oxygens (including phenoxy) is 1. The first-order valence-corrected chi connectivity index (χ1v) is 6.33. The zero-order valence-electron chi connectivity index (χ0n) is 11.0. The fourth-order valence-corrected chi connectivity index (χ4v) is 1.95. The van der Waals surface area contributed by atoms with Crippen LogP contribution in [0.25, 0.3) is 0 Å². The Morgan fingerprint density at radius 2 is 1.44 bits per heavy atom. The predicted molar refractivity (Wildman–Crippen MR) is 73.5 cm³/mol. The molecule has 0 aliphatic rings. The third-order valence-electron chi connectivity index (χ3n) is 3.07. The highest BCUT2D eigenvalue weighted by Gasteiger charge is 2.12. The first-order valence-electron chi connectivity index (χ1n) is 6.33. The lowest BCUT2D eigenvalue weighted by atomic mass is 9.99. The highest BCUT2D eigenvalue weighted by molar-refractivity contribution is 5.34. The van der Waals surface area contributed by atoms with Gasteiger partial charge in [0.1, 0.15) is 11.8 Å². The second kappa shape index (κ2) is 5.69. The van der Waals surface area contributed by atoms with Crippen molar-refractivity contribution in [3.63, 3.8) is 0 Å². The van der Waals surface area contributed by atoms with E-state index in [9.17, 15) is 0 Å². The molecule has 94 valence electrons. The monoisotopic (exact) mass is 242 g/mol. The van der Waals surface area contributed by atoms with E-state index >= 15 is 0 Å². The van der Waals surface area contributed by atoms with Crippen molar-refractivity contribution in [2.45, 2.75) is 19.9 Å². The maximum absolute atomic E-state index is 5.44. The van der Waals surface area contributed by atoms with E-state index in [0.29, 0.717) is 6.61 Å². The van der Waals surface area contributed by atoms with Crippen LogP contribution in [-0.2, 0) is 0 Å². The molecule has 1 atom stereocenters. The summed E-state index contributed by atoms with van der Waals surface area (Å²) in [7, 11) is 0. The Labute approximate surface area is 108 Å². The molecule has 2 nitrogen and oxygen atoms in total. The lowest BCUT2D eigenvalue weighted by molar-refractivity contribution is -0.411. The molecule has 0 aliphatic heterocycles. The molecule has 1 unspecified atom stereocenters. The van der Waals surface area contributed by atoms with Gasteiger partial charge in [0.15, 0.2) is 0 Å². The van der Waals surface area contributed by atoms with Gasteiger partial charge in [0, 0.05) is 11.1 Å². The maximum atomic E-state index is 5.44. The summed E-state index contributed by atoms with van der Waals surface area (Å²) in [5, 5.41) is 0. The molecule has 0 radical (unpaired) electrons. The lowest BCUT2D eigenvalue weighted by Gasteiger charge is -2.10. The molecule has 0 spiro atoms. The van der Waals surface area contributed by atoms with E-state index in [0.717, 1.165) is 5.75 Å². The molecule has 0 bridgehead atoms. The summed E-state index contributed by atoms with van der Waals surface area (Å²) in [6.45, 7) is 4.79. The van der Waals surface area contributed by atoms with E-state index in [1.165, 1.54) is 16.7 Å². The summed E-state index contributed by atoms with van der Waals surface area (Å²) in [4.78, 5) is 0. The molecular weight excluding hydrogens is 222 g/mol. The molecule has 2 aromatic carbocycles. The Bertz CT molecular complexity index is 488. The summed E-state index contributed by atoms with van der Waals surface area (Å²) in [5.41, 5.74) is 7.97. The summed E-state index contributed by atoms with van der Waals surface area (Å²) < 4.78 is 5.44. The quantitative estimate of drug-likeness (QED) is 0.879. The molecule has 0 saturated carbocycles. The van der Waals surface area contributed by atoms with Crippen LogP contribution in [0.1, 0.15) is 29.7 Å². The summed E-state index contributed by atoms with van der Waals surface area (Å²) in [6.07, 6.45) is 0.